The van der Waals surface area contributed by atoms with Crippen molar-refractivity contribution < 1.29 is 13.5 Å². The summed E-state index contributed by atoms with van der Waals surface area (Å²) >= 11 is 3.38. The molecule has 1 N–H and O–H groups in total. The van der Waals surface area contributed by atoms with Crippen LogP contribution in [-0.2, 0) is 6.54 Å². The third-order valence-electron chi connectivity index (χ3n) is 2.65. The Kier molecular flexibility index (Phi) is 4.37. The largest absolute Gasteiger partial charge is 0.497 e. The van der Waals surface area contributed by atoms with Gasteiger partial charge in [0, 0.05) is 22.6 Å². The molecule has 0 amide bonds. The minimum absolute atomic E-state index is 0.190. The SMILES string of the molecule is COc1ccc(Br)c(NCc2cc(F)ccc2F)c1. The van der Waals surface area contributed by atoms with E-state index >= 15 is 0 Å². The molecule has 0 aliphatic heterocycles. The Balaban J connectivity index is 2.16. The van der Waals surface area contributed by atoms with Gasteiger partial charge in [0.25, 0.3) is 0 Å². The van der Waals surface area contributed by atoms with E-state index in [1.807, 2.05) is 6.07 Å². The van der Waals surface area contributed by atoms with Crippen LogP contribution in [0.4, 0.5) is 14.5 Å². The van der Waals surface area contributed by atoms with Crippen LogP contribution in [0.2, 0.25) is 0 Å². The van der Waals surface area contributed by atoms with Gasteiger partial charge >= 0.3 is 0 Å². The Labute approximate surface area is 118 Å². The molecule has 2 aromatic rings. The smallest absolute Gasteiger partial charge is 0.128 e. The van der Waals surface area contributed by atoms with Crippen molar-refractivity contribution >= 4 is 21.6 Å². The van der Waals surface area contributed by atoms with Crippen LogP contribution >= 0.6 is 15.9 Å². The average Bonchev–Trinajstić information content (AvgIpc) is 2.41. The average molecular weight is 328 g/mol. The molecule has 0 unspecified atom stereocenters. The van der Waals surface area contributed by atoms with Gasteiger partial charge < -0.3 is 10.1 Å². The zero-order valence-electron chi connectivity index (χ0n) is 10.2. The van der Waals surface area contributed by atoms with Crippen LogP contribution < -0.4 is 10.1 Å². The second-order valence-electron chi connectivity index (χ2n) is 3.94. The van der Waals surface area contributed by atoms with Crippen LogP contribution in [0, 0.1) is 11.6 Å². The summed E-state index contributed by atoms with van der Waals surface area (Å²) in [4.78, 5) is 0. The van der Waals surface area contributed by atoms with Crippen molar-refractivity contribution in [1.29, 1.82) is 0 Å². The first-order valence-corrected chi connectivity index (χ1v) is 6.41. The molecule has 0 aliphatic rings. The van der Waals surface area contributed by atoms with Crippen LogP contribution in [-0.4, -0.2) is 7.11 Å². The molecule has 19 heavy (non-hydrogen) atoms. The maximum absolute atomic E-state index is 13.5. The lowest BCUT2D eigenvalue weighted by atomic mass is 10.2. The number of rotatable bonds is 4. The summed E-state index contributed by atoms with van der Waals surface area (Å²) < 4.78 is 32.5. The van der Waals surface area contributed by atoms with Gasteiger partial charge in [-0.05, 0) is 46.3 Å². The number of methoxy groups -OCH3 is 1. The minimum Gasteiger partial charge on any atom is -0.497 e. The maximum Gasteiger partial charge on any atom is 0.128 e. The highest BCUT2D eigenvalue weighted by Gasteiger charge is 2.06. The predicted molar refractivity (Wildman–Crippen MR) is 74.4 cm³/mol. The quantitative estimate of drug-likeness (QED) is 0.901. The highest BCUT2D eigenvalue weighted by atomic mass is 79.9. The molecule has 0 aliphatic carbocycles. The summed E-state index contributed by atoms with van der Waals surface area (Å²) in [6, 6.07) is 8.80. The van der Waals surface area contributed by atoms with Gasteiger partial charge in [-0.2, -0.15) is 0 Å². The zero-order chi connectivity index (χ0) is 13.8. The number of hydrogen-bond acceptors (Lipinski definition) is 2. The fraction of sp³-hybridized carbons (Fsp3) is 0.143. The molecule has 100 valence electrons. The van der Waals surface area contributed by atoms with Gasteiger partial charge in [-0.3, -0.25) is 0 Å². The number of nitrogens with one attached hydrogen (secondary N) is 1. The molecule has 0 heterocycles. The van der Waals surface area contributed by atoms with Crippen molar-refractivity contribution in [3.8, 4) is 5.75 Å². The lowest BCUT2D eigenvalue weighted by molar-refractivity contribution is 0.415. The number of halogens is 3. The summed E-state index contributed by atoms with van der Waals surface area (Å²) in [5, 5.41) is 3.04. The van der Waals surface area contributed by atoms with E-state index in [9.17, 15) is 8.78 Å². The van der Waals surface area contributed by atoms with Gasteiger partial charge in [0.15, 0.2) is 0 Å². The molecule has 2 nitrogen and oxygen atoms in total. The number of hydrogen-bond donors (Lipinski definition) is 1. The monoisotopic (exact) mass is 327 g/mol. The first-order valence-electron chi connectivity index (χ1n) is 5.61. The van der Waals surface area contributed by atoms with Gasteiger partial charge in [-0.15, -0.1) is 0 Å². The zero-order valence-corrected chi connectivity index (χ0v) is 11.8. The summed E-state index contributed by atoms with van der Waals surface area (Å²) in [6.45, 7) is 0.190. The molecule has 0 saturated heterocycles. The van der Waals surface area contributed by atoms with E-state index in [1.165, 1.54) is 6.07 Å². The predicted octanol–water partition coefficient (Wildman–Crippen LogP) is 4.35. The van der Waals surface area contributed by atoms with E-state index in [4.69, 9.17) is 4.74 Å². The van der Waals surface area contributed by atoms with E-state index in [0.717, 1.165) is 22.3 Å². The van der Waals surface area contributed by atoms with Crippen LogP contribution in [0.15, 0.2) is 40.9 Å². The number of benzene rings is 2. The van der Waals surface area contributed by atoms with Gasteiger partial charge in [0.1, 0.15) is 17.4 Å². The Morgan fingerprint density at radius 3 is 2.68 bits per heavy atom. The van der Waals surface area contributed by atoms with Gasteiger partial charge in [-0.25, -0.2) is 8.78 Å². The van der Waals surface area contributed by atoms with Crippen LogP contribution in [0.5, 0.6) is 5.75 Å². The van der Waals surface area contributed by atoms with Crippen LogP contribution in [0.3, 0.4) is 0 Å². The van der Waals surface area contributed by atoms with E-state index in [2.05, 4.69) is 21.2 Å². The topological polar surface area (TPSA) is 21.3 Å². The number of ether oxygens (including phenoxy) is 1. The molecule has 0 fully saturated rings. The van der Waals surface area contributed by atoms with Crippen molar-refractivity contribution in [2.75, 3.05) is 12.4 Å². The van der Waals surface area contributed by atoms with E-state index in [0.29, 0.717) is 5.75 Å². The molecule has 0 bridgehead atoms. The Morgan fingerprint density at radius 2 is 1.95 bits per heavy atom. The van der Waals surface area contributed by atoms with Gasteiger partial charge in [0.05, 0.1) is 12.8 Å². The molecule has 0 saturated carbocycles. The highest BCUT2D eigenvalue weighted by molar-refractivity contribution is 9.10. The van der Waals surface area contributed by atoms with Crippen LogP contribution in [0.1, 0.15) is 5.56 Å². The summed E-state index contributed by atoms with van der Waals surface area (Å²) in [5.74, 6) is -0.207. The maximum atomic E-state index is 13.5. The molecule has 0 atom stereocenters. The van der Waals surface area contributed by atoms with E-state index in [-0.39, 0.29) is 12.1 Å². The Bertz CT molecular complexity index is 590. The summed E-state index contributed by atoms with van der Waals surface area (Å²) in [7, 11) is 1.57. The first kappa shape index (κ1) is 13.8. The second kappa shape index (κ2) is 6.02. The Morgan fingerprint density at radius 1 is 1.16 bits per heavy atom. The molecular formula is C14H12BrF2NO. The molecular weight excluding hydrogens is 316 g/mol. The van der Waals surface area contributed by atoms with E-state index in [1.54, 1.807) is 19.2 Å². The fourth-order valence-corrected chi connectivity index (χ4v) is 2.02. The standard InChI is InChI=1S/C14H12BrF2NO/c1-19-11-3-4-12(15)14(7-11)18-8-9-6-10(16)2-5-13(9)17/h2-7,18H,8H2,1H3. The minimum atomic E-state index is -0.456. The lowest BCUT2D eigenvalue weighted by Gasteiger charge is -2.11. The van der Waals surface area contributed by atoms with Crippen molar-refractivity contribution in [3.05, 3.63) is 58.1 Å². The molecule has 2 rings (SSSR count). The van der Waals surface area contributed by atoms with Gasteiger partial charge in [-0.1, -0.05) is 0 Å². The molecule has 5 heteroatoms. The molecule has 2 aromatic carbocycles. The number of anilines is 1. The van der Waals surface area contributed by atoms with Crippen molar-refractivity contribution in [3.63, 3.8) is 0 Å². The van der Waals surface area contributed by atoms with E-state index < -0.39 is 11.6 Å². The summed E-state index contributed by atoms with van der Waals surface area (Å²) in [6.07, 6.45) is 0. The normalized spacial score (nSPS) is 10.3. The third kappa shape index (κ3) is 3.44. The molecule has 0 aromatic heterocycles. The molecule has 0 radical (unpaired) electrons. The fourth-order valence-electron chi connectivity index (χ4n) is 1.64. The lowest BCUT2D eigenvalue weighted by Crippen LogP contribution is -2.03. The first-order chi connectivity index (χ1) is 9.10. The Hall–Kier alpha value is -1.62. The van der Waals surface area contributed by atoms with Gasteiger partial charge in [0.2, 0.25) is 0 Å². The second-order valence-corrected chi connectivity index (χ2v) is 4.79. The van der Waals surface area contributed by atoms with Crippen molar-refractivity contribution in [1.82, 2.24) is 0 Å². The van der Waals surface area contributed by atoms with Crippen molar-refractivity contribution in [2.24, 2.45) is 0 Å². The van der Waals surface area contributed by atoms with Crippen LogP contribution in [0.25, 0.3) is 0 Å². The van der Waals surface area contributed by atoms with Crippen molar-refractivity contribution in [2.45, 2.75) is 6.54 Å². The highest BCUT2D eigenvalue weighted by Crippen LogP contribution is 2.27. The third-order valence-corrected chi connectivity index (χ3v) is 3.34. The summed E-state index contributed by atoms with van der Waals surface area (Å²) in [5.41, 5.74) is 1.03. The molecule has 0 spiro atoms.